The van der Waals surface area contributed by atoms with Crippen LogP contribution in [0.15, 0.2) is 30.3 Å². The van der Waals surface area contributed by atoms with Crippen molar-refractivity contribution in [3.63, 3.8) is 0 Å². The van der Waals surface area contributed by atoms with Crippen LogP contribution in [0, 0.1) is 5.92 Å². The zero-order valence-electron chi connectivity index (χ0n) is 15.3. The largest absolute Gasteiger partial charge is 0.573 e. The van der Waals surface area contributed by atoms with Crippen LogP contribution in [0.3, 0.4) is 0 Å². The fraction of sp³-hybridized carbons (Fsp3) is 0.444. The molecule has 1 aromatic carbocycles. The third kappa shape index (κ3) is 6.28. The Morgan fingerprint density at radius 2 is 1.93 bits per heavy atom. The van der Waals surface area contributed by atoms with Crippen LogP contribution >= 0.6 is 0 Å². The summed E-state index contributed by atoms with van der Waals surface area (Å²) in [5.41, 5.74) is 0.878. The summed E-state index contributed by atoms with van der Waals surface area (Å²) in [6, 6.07) is 6.98. The first kappa shape index (κ1) is 20.8. The number of aliphatic hydroxyl groups is 1. The first-order valence-electron chi connectivity index (χ1n) is 8.58. The number of nitrogens with zero attached hydrogens (tertiary/aromatic N) is 2. The fourth-order valence-corrected chi connectivity index (χ4v) is 2.37. The van der Waals surface area contributed by atoms with Crippen molar-refractivity contribution in [2.45, 2.75) is 33.2 Å². The number of alkyl halides is 3. The van der Waals surface area contributed by atoms with Gasteiger partial charge in [0.2, 0.25) is 5.95 Å². The van der Waals surface area contributed by atoms with Gasteiger partial charge in [0.25, 0.3) is 0 Å². The maximum atomic E-state index is 12.5. The van der Waals surface area contributed by atoms with Crippen molar-refractivity contribution in [3.8, 4) is 17.0 Å². The molecule has 1 aromatic heterocycles. The van der Waals surface area contributed by atoms with E-state index in [0.717, 1.165) is 0 Å². The van der Waals surface area contributed by atoms with Crippen LogP contribution in [-0.4, -0.2) is 40.6 Å². The molecule has 2 aromatic rings. The van der Waals surface area contributed by atoms with Crippen molar-refractivity contribution in [1.29, 1.82) is 0 Å². The Morgan fingerprint density at radius 1 is 1.19 bits per heavy atom. The zero-order valence-corrected chi connectivity index (χ0v) is 15.3. The molecule has 0 bridgehead atoms. The molecule has 2 rings (SSSR count). The van der Waals surface area contributed by atoms with Gasteiger partial charge in [-0.2, -0.15) is 4.98 Å². The Kier molecular flexibility index (Phi) is 6.84. The highest BCUT2D eigenvalue weighted by atomic mass is 19.4. The van der Waals surface area contributed by atoms with Gasteiger partial charge < -0.3 is 20.5 Å². The molecule has 0 amide bonds. The highest BCUT2D eigenvalue weighted by molar-refractivity contribution is 5.66. The highest BCUT2D eigenvalue weighted by Gasteiger charge is 2.31. The predicted molar refractivity (Wildman–Crippen MR) is 97.6 cm³/mol. The van der Waals surface area contributed by atoms with Crippen LogP contribution in [0.1, 0.15) is 20.8 Å². The van der Waals surface area contributed by atoms with Crippen molar-refractivity contribution in [1.82, 2.24) is 9.97 Å². The molecular weight excluding hydrogens is 361 g/mol. The summed E-state index contributed by atoms with van der Waals surface area (Å²) in [5.74, 6) is 0.604. The number of hydrogen-bond donors (Lipinski definition) is 3. The van der Waals surface area contributed by atoms with Crippen LogP contribution < -0.4 is 15.4 Å². The van der Waals surface area contributed by atoms with Gasteiger partial charge in [0, 0.05) is 18.2 Å². The van der Waals surface area contributed by atoms with Gasteiger partial charge in [-0.3, -0.25) is 0 Å². The number of nitrogens with one attached hydrogen (secondary N) is 2. The van der Waals surface area contributed by atoms with Crippen molar-refractivity contribution >= 4 is 11.8 Å². The first-order chi connectivity index (χ1) is 12.7. The van der Waals surface area contributed by atoms with E-state index in [4.69, 9.17) is 0 Å². The molecule has 1 atom stereocenters. The second-order valence-corrected chi connectivity index (χ2v) is 6.25. The summed E-state index contributed by atoms with van der Waals surface area (Å²) < 4.78 is 41.4. The van der Waals surface area contributed by atoms with Gasteiger partial charge >= 0.3 is 6.36 Å². The molecular formula is C18H23F3N4O2. The van der Waals surface area contributed by atoms with Gasteiger partial charge in [-0.15, -0.1) is 13.2 Å². The van der Waals surface area contributed by atoms with E-state index in [9.17, 15) is 18.3 Å². The molecule has 0 aliphatic carbocycles. The van der Waals surface area contributed by atoms with Gasteiger partial charge in [-0.1, -0.05) is 26.0 Å². The van der Waals surface area contributed by atoms with Gasteiger partial charge in [-0.25, -0.2) is 4.98 Å². The summed E-state index contributed by atoms with van der Waals surface area (Å²) in [6.45, 7) is 6.30. The van der Waals surface area contributed by atoms with Gasteiger partial charge in [0.1, 0.15) is 11.6 Å². The lowest BCUT2D eigenvalue weighted by Gasteiger charge is -2.20. The number of benzene rings is 1. The maximum Gasteiger partial charge on any atom is 0.573 e. The minimum Gasteiger partial charge on any atom is -0.406 e. The summed E-state index contributed by atoms with van der Waals surface area (Å²) in [7, 11) is 0. The van der Waals surface area contributed by atoms with E-state index in [1.807, 2.05) is 20.8 Å². The Bertz CT molecular complexity index is 754. The summed E-state index contributed by atoms with van der Waals surface area (Å²) in [5, 5.41) is 15.6. The monoisotopic (exact) mass is 384 g/mol. The zero-order chi connectivity index (χ0) is 20.0. The van der Waals surface area contributed by atoms with Crippen molar-refractivity contribution in [3.05, 3.63) is 30.3 Å². The molecule has 148 valence electrons. The highest BCUT2D eigenvalue weighted by Crippen LogP contribution is 2.28. The molecule has 0 saturated heterocycles. The number of halogens is 3. The number of hydrogen-bond acceptors (Lipinski definition) is 6. The Labute approximate surface area is 155 Å². The Hall–Kier alpha value is -2.55. The number of aliphatic hydroxyl groups excluding tert-OH is 1. The van der Waals surface area contributed by atoms with Crippen molar-refractivity contribution in [2.24, 2.45) is 5.92 Å². The summed E-state index contributed by atoms with van der Waals surface area (Å²) in [4.78, 5) is 8.73. The van der Waals surface area contributed by atoms with E-state index in [2.05, 4.69) is 25.3 Å². The first-order valence-corrected chi connectivity index (χ1v) is 8.58. The minimum absolute atomic E-state index is 0.100. The second kappa shape index (κ2) is 8.90. The molecule has 0 spiro atoms. The Balaban J connectivity index is 2.39. The lowest BCUT2D eigenvalue weighted by atomic mass is 10.1. The lowest BCUT2D eigenvalue weighted by molar-refractivity contribution is -0.274. The van der Waals surface area contributed by atoms with Crippen LogP contribution in [-0.2, 0) is 0 Å². The van der Waals surface area contributed by atoms with Gasteiger partial charge in [0.15, 0.2) is 0 Å². The van der Waals surface area contributed by atoms with Crippen LogP contribution in [0.25, 0.3) is 11.3 Å². The molecule has 3 N–H and O–H groups in total. The molecule has 0 saturated carbocycles. The fourth-order valence-electron chi connectivity index (χ4n) is 2.37. The number of ether oxygens (including phenoxy) is 1. The van der Waals surface area contributed by atoms with Gasteiger partial charge in [0.05, 0.1) is 18.3 Å². The standard InChI is InChI=1S/C18H23F3N4O2/c1-4-22-16-9-14(23-17(25-16)24-15(10-26)11(2)3)12-6-5-7-13(8-12)27-18(19,20)21/h5-9,11,15,26H,4,10H2,1-3H3,(H2,22,23,24,25)/t15-/m0/s1. The molecule has 27 heavy (non-hydrogen) atoms. The van der Waals surface area contributed by atoms with Gasteiger partial charge in [-0.05, 0) is 25.0 Å². The van der Waals surface area contributed by atoms with E-state index in [1.165, 1.54) is 18.2 Å². The maximum absolute atomic E-state index is 12.5. The molecule has 1 heterocycles. The van der Waals surface area contributed by atoms with Crippen LogP contribution in [0.4, 0.5) is 24.9 Å². The predicted octanol–water partition coefficient (Wildman–Crippen LogP) is 3.90. The molecule has 0 aliphatic rings. The van der Waals surface area contributed by atoms with E-state index < -0.39 is 6.36 Å². The average molecular weight is 384 g/mol. The normalized spacial score (nSPS) is 12.7. The Morgan fingerprint density at radius 3 is 2.52 bits per heavy atom. The molecule has 6 nitrogen and oxygen atoms in total. The van der Waals surface area contributed by atoms with E-state index >= 15 is 0 Å². The van der Waals surface area contributed by atoms with E-state index in [-0.39, 0.29) is 30.3 Å². The van der Waals surface area contributed by atoms with Crippen molar-refractivity contribution in [2.75, 3.05) is 23.8 Å². The average Bonchev–Trinajstić information content (AvgIpc) is 2.58. The number of anilines is 2. The topological polar surface area (TPSA) is 79.3 Å². The lowest BCUT2D eigenvalue weighted by Crippen LogP contribution is -2.30. The second-order valence-electron chi connectivity index (χ2n) is 6.25. The number of rotatable bonds is 8. The summed E-state index contributed by atoms with van der Waals surface area (Å²) in [6.07, 6.45) is -4.77. The molecule has 0 fully saturated rings. The van der Waals surface area contributed by atoms with E-state index in [0.29, 0.717) is 23.6 Å². The summed E-state index contributed by atoms with van der Waals surface area (Å²) >= 11 is 0. The third-order valence-electron chi connectivity index (χ3n) is 3.76. The minimum atomic E-state index is -4.77. The molecule has 0 unspecified atom stereocenters. The third-order valence-corrected chi connectivity index (χ3v) is 3.76. The SMILES string of the molecule is CCNc1cc(-c2cccc(OC(F)(F)F)c2)nc(N[C@@H](CO)C(C)C)n1. The molecule has 9 heteroatoms. The van der Waals surface area contributed by atoms with Crippen LogP contribution in [0.2, 0.25) is 0 Å². The van der Waals surface area contributed by atoms with Crippen molar-refractivity contribution < 1.29 is 23.0 Å². The van der Waals surface area contributed by atoms with Crippen LogP contribution in [0.5, 0.6) is 5.75 Å². The quantitative estimate of drug-likeness (QED) is 0.641. The molecule has 0 radical (unpaired) electrons. The van der Waals surface area contributed by atoms with E-state index in [1.54, 1.807) is 12.1 Å². The smallest absolute Gasteiger partial charge is 0.406 e. The molecule has 0 aliphatic heterocycles. The number of aromatic nitrogens is 2.